The second-order valence-electron chi connectivity index (χ2n) is 7.95. The first-order valence-electron chi connectivity index (χ1n) is 10.7. The zero-order chi connectivity index (χ0) is 22.1. The van der Waals surface area contributed by atoms with Gasteiger partial charge in [0.05, 0.1) is 43.6 Å². The first-order valence-corrected chi connectivity index (χ1v) is 10.7. The number of carbonyl (C=O) groups is 1. The SMILES string of the molecule is Cc1cc2ccccc2n2c(=O)n(CCNC(=O)c3ccoc3CN3CCOCC3)nc12. The lowest BCUT2D eigenvalue weighted by atomic mass is 10.1. The van der Waals surface area contributed by atoms with Crippen LogP contribution in [0.15, 0.2) is 51.9 Å². The van der Waals surface area contributed by atoms with Gasteiger partial charge in [-0.25, -0.2) is 13.9 Å². The molecular weight excluding hydrogens is 410 g/mol. The first-order chi connectivity index (χ1) is 15.6. The van der Waals surface area contributed by atoms with Gasteiger partial charge in [-0.15, -0.1) is 5.10 Å². The Morgan fingerprint density at radius 2 is 2.00 bits per heavy atom. The molecule has 1 aliphatic heterocycles. The minimum Gasteiger partial charge on any atom is -0.467 e. The molecule has 32 heavy (non-hydrogen) atoms. The fraction of sp³-hybridized carbons (Fsp3) is 0.348. The molecule has 1 amide bonds. The largest absolute Gasteiger partial charge is 0.467 e. The minimum atomic E-state index is -0.222. The second kappa shape index (κ2) is 8.60. The smallest absolute Gasteiger partial charge is 0.350 e. The highest BCUT2D eigenvalue weighted by atomic mass is 16.5. The highest BCUT2D eigenvalue weighted by Gasteiger charge is 2.19. The van der Waals surface area contributed by atoms with Gasteiger partial charge in [0, 0.05) is 19.6 Å². The highest BCUT2D eigenvalue weighted by molar-refractivity contribution is 5.95. The lowest BCUT2D eigenvalue weighted by Gasteiger charge is -2.25. The highest BCUT2D eigenvalue weighted by Crippen LogP contribution is 2.18. The number of amides is 1. The number of aromatic nitrogens is 3. The summed E-state index contributed by atoms with van der Waals surface area (Å²) in [6.45, 7) is 6.06. The number of furan rings is 1. The third-order valence-corrected chi connectivity index (χ3v) is 5.81. The number of para-hydroxylation sites is 1. The van der Waals surface area contributed by atoms with E-state index in [0.29, 0.717) is 36.7 Å². The minimum absolute atomic E-state index is 0.217. The van der Waals surface area contributed by atoms with Crippen LogP contribution in [0, 0.1) is 6.92 Å². The molecule has 1 aliphatic rings. The zero-order valence-corrected chi connectivity index (χ0v) is 17.9. The van der Waals surface area contributed by atoms with Gasteiger partial charge in [0.15, 0.2) is 5.65 Å². The molecule has 0 aliphatic carbocycles. The molecule has 1 fully saturated rings. The van der Waals surface area contributed by atoms with Crippen molar-refractivity contribution >= 4 is 22.5 Å². The van der Waals surface area contributed by atoms with Crippen molar-refractivity contribution in [3.8, 4) is 0 Å². The molecule has 0 unspecified atom stereocenters. The molecule has 4 heterocycles. The molecule has 0 radical (unpaired) electrons. The molecule has 9 nitrogen and oxygen atoms in total. The predicted molar refractivity (Wildman–Crippen MR) is 119 cm³/mol. The molecule has 1 N–H and O–H groups in total. The summed E-state index contributed by atoms with van der Waals surface area (Å²) in [4.78, 5) is 27.9. The number of rotatable bonds is 6. The normalized spacial score (nSPS) is 14.9. The van der Waals surface area contributed by atoms with E-state index in [1.54, 1.807) is 10.5 Å². The van der Waals surface area contributed by atoms with Crippen molar-refractivity contribution in [2.24, 2.45) is 0 Å². The average molecular weight is 435 g/mol. The van der Waals surface area contributed by atoms with Gasteiger partial charge < -0.3 is 14.5 Å². The van der Waals surface area contributed by atoms with E-state index in [2.05, 4.69) is 15.3 Å². The summed E-state index contributed by atoms with van der Waals surface area (Å²) < 4.78 is 13.9. The van der Waals surface area contributed by atoms with Crippen molar-refractivity contribution in [3.63, 3.8) is 0 Å². The van der Waals surface area contributed by atoms with Gasteiger partial charge in [0.1, 0.15) is 5.76 Å². The lowest BCUT2D eigenvalue weighted by molar-refractivity contribution is 0.0312. The number of carbonyl (C=O) groups excluding carboxylic acids is 1. The maximum Gasteiger partial charge on any atom is 0.350 e. The van der Waals surface area contributed by atoms with E-state index < -0.39 is 0 Å². The number of aryl methyl sites for hydroxylation is 1. The third kappa shape index (κ3) is 3.80. The summed E-state index contributed by atoms with van der Waals surface area (Å²) in [5, 5.41) is 8.36. The summed E-state index contributed by atoms with van der Waals surface area (Å²) in [6.07, 6.45) is 1.53. The van der Waals surface area contributed by atoms with Gasteiger partial charge in [0.2, 0.25) is 0 Å². The maximum absolute atomic E-state index is 13.0. The predicted octanol–water partition coefficient (Wildman–Crippen LogP) is 1.81. The van der Waals surface area contributed by atoms with Gasteiger partial charge in [-0.1, -0.05) is 18.2 Å². The summed E-state index contributed by atoms with van der Waals surface area (Å²) in [5.41, 5.74) is 2.67. The summed E-state index contributed by atoms with van der Waals surface area (Å²) in [5.74, 6) is 0.414. The van der Waals surface area contributed by atoms with Crippen LogP contribution in [0.5, 0.6) is 0 Å². The fourth-order valence-electron chi connectivity index (χ4n) is 4.14. The van der Waals surface area contributed by atoms with Crippen molar-refractivity contribution in [1.29, 1.82) is 0 Å². The van der Waals surface area contributed by atoms with E-state index in [1.807, 2.05) is 37.3 Å². The van der Waals surface area contributed by atoms with E-state index in [9.17, 15) is 9.59 Å². The Hall–Kier alpha value is -3.43. The van der Waals surface area contributed by atoms with Crippen molar-refractivity contribution in [2.45, 2.75) is 20.0 Å². The average Bonchev–Trinajstić information content (AvgIpc) is 3.40. The van der Waals surface area contributed by atoms with Crippen LogP contribution in [-0.4, -0.2) is 57.8 Å². The number of nitrogens with one attached hydrogen (secondary N) is 1. The van der Waals surface area contributed by atoms with Crippen LogP contribution in [0.1, 0.15) is 21.7 Å². The standard InChI is InChI=1S/C23H25N5O4/c1-16-14-17-4-2-3-5-19(17)28-21(16)25-27(23(28)30)8-7-24-22(29)18-6-11-32-20(18)15-26-9-12-31-13-10-26/h2-6,11,14H,7-10,12-13,15H2,1H3,(H,24,29). The maximum atomic E-state index is 13.0. The zero-order valence-electron chi connectivity index (χ0n) is 17.9. The number of fused-ring (bicyclic) bond motifs is 3. The number of benzene rings is 1. The molecule has 1 aromatic carbocycles. The third-order valence-electron chi connectivity index (χ3n) is 5.81. The molecule has 5 rings (SSSR count). The van der Waals surface area contributed by atoms with E-state index >= 15 is 0 Å². The molecule has 3 aromatic heterocycles. The van der Waals surface area contributed by atoms with Crippen LogP contribution in [0.3, 0.4) is 0 Å². The topological polar surface area (TPSA) is 94.0 Å². The van der Waals surface area contributed by atoms with Crippen LogP contribution in [-0.2, 0) is 17.8 Å². The van der Waals surface area contributed by atoms with Crippen LogP contribution in [0.25, 0.3) is 16.6 Å². The quantitative estimate of drug-likeness (QED) is 0.497. The molecule has 0 spiro atoms. The van der Waals surface area contributed by atoms with Crippen LogP contribution < -0.4 is 11.0 Å². The number of nitrogens with zero attached hydrogens (tertiary/aromatic N) is 4. The van der Waals surface area contributed by atoms with Gasteiger partial charge in [-0.2, -0.15) is 0 Å². The number of morpholine rings is 1. The molecule has 9 heteroatoms. The van der Waals surface area contributed by atoms with Crippen molar-refractivity contribution < 1.29 is 13.9 Å². The van der Waals surface area contributed by atoms with E-state index in [0.717, 1.165) is 29.6 Å². The summed E-state index contributed by atoms with van der Waals surface area (Å²) >= 11 is 0. The van der Waals surface area contributed by atoms with Crippen LogP contribution in [0.4, 0.5) is 0 Å². The van der Waals surface area contributed by atoms with E-state index in [-0.39, 0.29) is 24.7 Å². The number of hydrogen-bond acceptors (Lipinski definition) is 6. The number of pyridine rings is 1. The summed E-state index contributed by atoms with van der Waals surface area (Å²) in [6, 6.07) is 11.4. The Morgan fingerprint density at radius 1 is 1.19 bits per heavy atom. The monoisotopic (exact) mass is 435 g/mol. The Bertz CT molecular complexity index is 1330. The Kier molecular flexibility index (Phi) is 5.50. The number of hydrogen-bond donors (Lipinski definition) is 1. The van der Waals surface area contributed by atoms with Crippen molar-refractivity contribution in [2.75, 3.05) is 32.8 Å². The fourth-order valence-corrected chi connectivity index (χ4v) is 4.14. The van der Waals surface area contributed by atoms with Gasteiger partial charge in [-0.05, 0) is 36.1 Å². The molecule has 0 bridgehead atoms. The van der Waals surface area contributed by atoms with Gasteiger partial charge in [-0.3, -0.25) is 9.69 Å². The van der Waals surface area contributed by atoms with Crippen molar-refractivity contribution in [3.05, 3.63) is 70.0 Å². The van der Waals surface area contributed by atoms with Crippen LogP contribution in [0.2, 0.25) is 0 Å². The molecule has 0 saturated carbocycles. The molecular formula is C23H25N5O4. The lowest BCUT2D eigenvalue weighted by Crippen LogP contribution is -2.36. The number of ether oxygens (including phenoxy) is 1. The molecule has 166 valence electrons. The second-order valence-corrected chi connectivity index (χ2v) is 7.95. The first kappa shape index (κ1) is 20.5. The summed E-state index contributed by atoms with van der Waals surface area (Å²) in [7, 11) is 0. The van der Waals surface area contributed by atoms with Crippen LogP contribution >= 0.6 is 0 Å². The van der Waals surface area contributed by atoms with E-state index in [4.69, 9.17) is 9.15 Å². The van der Waals surface area contributed by atoms with Gasteiger partial charge in [0.25, 0.3) is 5.91 Å². The Labute approximate surface area is 184 Å². The Balaban J connectivity index is 1.29. The Morgan fingerprint density at radius 3 is 2.84 bits per heavy atom. The van der Waals surface area contributed by atoms with Crippen molar-refractivity contribution in [1.82, 2.24) is 24.4 Å². The molecule has 1 saturated heterocycles. The molecule has 0 atom stereocenters. The van der Waals surface area contributed by atoms with Gasteiger partial charge >= 0.3 is 5.69 Å². The van der Waals surface area contributed by atoms with E-state index in [1.165, 1.54) is 10.9 Å². The molecule has 4 aromatic rings.